The topological polar surface area (TPSA) is 104 Å². The summed E-state index contributed by atoms with van der Waals surface area (Å²) in [4.78, 5) is 48.4. The minimum atomic E-state index is -0.617. The van der Waals surface area contributed by atoms with E-state index < -0.39 is 11.9 Å². The Hall–Kier alpha value is -2.94. The Kier molecular flexibility index (Phi) is 7.72. The molecule has 0 aromatic carbocycles. The van der Waals surface area contributed by atoms with Crippen molar-refractivity contribution in [1.29, 1.82) is 0 Å². The third kappa shape index (κ3) is 5.54. The Balaban J connectivity index is 2.22. The van der Waals surface area contributed by atoms with Gasteiger partial charge in [0, 0.05) is 19.2 Å². The van der Waals surface area contributed by atoms with Crippen molar-refractivity contribution in [2.45, 2.75) is 46.8 Å². The molecule has 0 radical (unpaired) electrons. The molecule has 2 aromatic rings. The lowest BCUT2D eigenvalue weighted by Gasteiger charge is -2.08. The Labute approximate surface area is 172 Å². The molecule has 0 fully saturated rings. The van der Waals surface area contributed by atoms with Gasteiger partial charge in [-0.3, -0.25) is 9.59 Å². The maximum atomic E-state index is 12.4. The summed E-state index contributed by atoms with van der Waals surface area (Å²) in [5, 5.41) is 2.93. The van der Waals surface area contributed by atoms with E-state index in [0.29, 0.717) is 24.1 Å². The number of aromatic nitrogens is 1. The van der Waals surface area contributed by atoms with Crippen LogP contribution in [0.5, 0.6) is 0 Å². The molecule has 0 aliphatic carbocycles. The van der Waals surface area contributed by atoms with Gasteiger partial charge in [0.15, 0.2) is 6.29 Å². The van der Waals surface area contributed by atoms with Crippen LogP contribution in [0.4, 0.5) is 5.00 Å². The average molecular weight is 420 g/mol. The molecule has 0 aliphatic heterocycles. The number of aryl methyl sites for hydroxylation is 1. The number of nitrogens with one attached hydrogen (secondary N) is 1. The summed E-state index contributed by atoms with van der Waals surface area (Å²) in [5.74, 6) is -1.53. The van der Waals surface area contributed by atoms with Gasteiger partial charge in [-0.25, -0.2) is 9.59 Å². The SMILES string of the molecule is CCOC(=O)c1c(NC(=O)CCn2cccc2C=O)sc(C(=O)OC(C)C)c1C. The zero-order valence-corrected chi connectivity index (χ0v) is 17.6. The van der Waals surface area contributed by atoms with Gasteiger partial charge in [0.2, 0.25) is 5.91 Å². The second-order valence-corrected chi connectivity index (χ2v) is 7.50. The largest absolute Gasteiger partial charge is 0.462 e. The average Bonchev–Trinajstić information content (AvgIpc) is 3.23. The molecule has 1 amide bonds. The molecule has 0 bridgehead atoms. The van der Waals surface area contributed by atoms with Crippen molar-refractivity contribution in [3.05, 3.63) is 40.0 Å². The highest BCUT2D eigenvalue weighted by molar-refractivity contribution is 7.18. The quantitative estimate of drug-likeness (QED) is 0.492. The summed E-state index contributed by atoms with van der Waals surface area (Å²) in [5.41, 5.74) is 1.02. The number of aldehydes is 1. The molecular weight excluding hydrogens is 396 g/mol. The van der Waals surface area contributed by atoms with Crippen molar-refractivity contribution >= 4 is 40.5 Å². The summed E-state index contributed by atoms with van der Waals surface area (Å²) < 4.78 is 12.0. The zero-order valence-electron chi connectivity index (χ0n) is 16.8. The molecule has 0 saturated carbocycles. The summed E-state index contributed by atoms with van der Waals surface area (Å²) >= 11 is 0.979. The Bertz CT molecular complexity index is 912. The molecular formula is C20H24N2O6S. The summed E-state index contributed by atoms with van der Waals surface area (Å²) in [6, 6.07) is 3.37. The molecule has 2 heterocycles. The smallest absolute Gasteiger partial charge is 0.348 e. The molecule has 2 aromatic heterocycles. The number of ether oxygens (including phenoxy) is 2. The first-order valence-electron chi connectivity index (χ1n) is 9.20. The van der Waals surface area contributed by atoms with E-state index in [4.69, 9.17) is 9.47 Å². The first kappa shape index (κ1) is 22.4. The molecule has 9 heteroatoms. The van der Waals surface area contributed by atoms with Crippen molar-refractivity contribution in [3.63, 3.8) is 0 Å². The molecule has 0 unspecified atom stereocenters. The number of amides is 1. The third-order valence-electron chi connectivity index (χ3n) is 3.97. The summed E-state index contributed by atoms with van der Waals surface area (Å²) in [6.07, 6.45) is 2.18. The van der Waals surface area contributed by atoms with Crippen LogP contribution in [0, 0.1) is 6.92 Å². The highest BCUT2D eigenvalue weighted by atomic mass is 32.1. The predicted octanol–water partition coefficient (Wildman–Crippen LogP) is 3.44. The lowest BCUT2D eigenvalue weighted by Crippen LogP contribution is -2.17. The number of hydrogen-bond donors (Lipinski definition) is 1. The van der Waals surface area contributed by atoms with Crippen molar-refractivity contribution in [2.75, 3.05) is 11.9 Å². The molecule has 8 nitrogen and oxygen atoms in total. The van der Waals surface area contributed by atoms with Crippen LogP contribution in [-0.4, -0.2) is 41.4 Å². The molecule has 0 spiro atoms. The van der Waals surface area contributed by atoms with Gasteiger partial charge in [0.1, 0.15) is 9.88 Å². The van der Waals surface area contributed by atoms with Gasteiger partial charge in [-0.15, -0.1) is 11.3 Å². The van der Waals surface area contributed by atoms with Crippen LogP contribution in [0.15, 0.2) is 18.3 Å². The van der Waals surface area contributed by atoms with E-state index in [9.17, 15) is 19.2 Å². The van der Waals surface area contributed by atoms with Crippen LogP contribution in [0.2, 0.25) is 0 Å². The van der Waals surface area contributed by atoms with Gasteiger partial charge >= 0.3 is 11.9 Å². The van der Waals surface area contributed by atoms with E-state index in [1.807, 2.05) is 0 Å². The normalized spacial score (nSPS) is 10.7. The fraction of sp³-hybridized carbons (Fsp3) is 0.400. The summed E-state index contributed by atoms with van der Waals surface area (Å²) in [6.45, 7) is 7.21. The lowest BCUT2D eigenvalue weighted by molar-refractivity contribution is -0.116. The number of carbonyl (C=O) groups is 4. The van der Waals surface area contributed by atoms with Gasteiger partial charge in [0.25, 0.3) is 0 Å². The van der Waals surface area contributed by atoms with Crippen molar-refractivity contribution in [3.8, 4) is 0 Å². The van der Waals surface area contributed by atoms with E-state index in [1.54, 1.807) is 50.6 Å². The van der Waals surface area contributed by atoms with Crippen LogP contribution in [0.1, 0.15) is 63.3 Å². The van der Waals surface area contributed by atoms with Gasteiger partial charge in [-0.05, 0) is 45.4 Å². The van der Waals surface area contributed by atoms with E-state index in [2.05, 4.69) is 5.32 Å². The first-order valence-corrected chi connectivity index (χ1v) is 10.0. The van der Waals surface area contributed by atoms with Gasteiger partial charge in [-0.2, -0.15) is 0 Å². The number of carbonyl (C=O) groups excluding carboxylic acids is 4. The van der Waals surface area contributed by atoms with Crippen LogP contribution in [0.25, 0.3) is 0 Å². The standard InChI is InChI=1S/C20H24N2O6S/c1-5-27-19(25)16-13(4)17(20(26)28-12(2)3)29-18(16)21-15(24)8-10-22-9-6-7-14(22)11-23/h6-7,9,11-12H,5,8,10H2,1-4H3,(H,21,24). The number of thiophene rings is 1. The fourth-order valence-electron chi connectivity index (χ4n) is 2.66. The second-order valence-electron chi connectivity index (χ2n) is 6.48. The van der Waals surface area contributed by atoms with Crippen molar-refractivity contribution in [1.82, 2.24) is 4.57 Å². The van der Waals surface area contributed by atoms with E-state index >= 15 is 0 Å². The molecule has 0 atom stereocenters. The number of rotatable bonds is 9. The van der Waals surface area contributed by atoms with Crippen LogP contribution in [-0.2, 0) is 20.8 Å². The van der Waals surface area contributed by atoms with Crippen LogP contribution >= 0.6 is 11.3 Å². The zero-order chi connectivity index (χ0) is 21.6. The Morgan fingerprint density at radius 2 is 2.00 bits per heavy atom. The van der Waals surface area contributed by atoms with Gasteiger partial charge in [0.05, 0.1) is 24.0 Å². The maximum Gasteiger partial charge on any atom is 0.348 e. The predicted molar refractivity (Wildman–Crippen MR) is 109 cm³/mol. The maximum absolute atomic E-state index is 12.4. The monoisotopic (exact) mass is 420 g/mol. The molecule has 156 valence electrons. The highest BCUT2D eigenvalue weighted by Crippen LogP contribution is 2.34. The number of anilines is 1. The van der Waals surface area contributed by atoms with Gasteiger partial charge < -0.3 is 19.4 Å². The molecule has 2 rings (SSSR count). The summed E-state index contributed by atoms with van der Waals surface area (Å²) in [7, 11) is 0. The van der Waals surface area contributed by atoms with Crippen molar-refractivity contribution < 1.29 is 28.7 Å². The minimum absolute atomic E-state index is 0.0838. The molecule has 1 N–H and O–H groups in total. The molecule has 0 saturated heterocycles. The van der Waals surface area contributed by atoms with Gasteiger partial charge in [-0.1, -0.05) is 0 Å². The highest BCUT2D eigenvalue weighted by Gasteiger charge is 2.27. The number of esters is 2. The molecule has 0 aliphatic rings. The molecule has 29 heavy (non-hydrogen) atoms. The number of nitrogens with zero attached hydrogens (tertiary/aromatic N) is 1. The number of hydrogen-bond acceptors (Lipinski definition) is 7. The minimum Gasteiger partial charge on any atom is -0.462 e. The lowest BCUT2D eigenvalue weighted by atomic mass is 10.1. The fourth-order valence-corrected chi connectivity index (χ4v) is 3.76. The first-order chi connectivity index (χ1) is 13.8. The van der Waals surface area contributed by atoms with Crippen molar-refractivity contribution in [2.24, 2.45) is 0 Å². The second kappa shape index (κ2) is 10.0. The van der Waals surface area contributed by atoms with E-state index in [1.165, 1.54) is 0 Å². The third-order valence-corrected chi connectivity index (χ3v) is 5.16. The van der Waals surface area contributed by atoms with Crippen LogP contribution < -0.4 is 5.32 Å². The van der Waals surface area contributed by atoms with E-state index in [0.717, 1.165) is 11.3 Å². The Morgan fingerprint density at radius 1 is 1.28 bits per heavy atom. The van der Waals surface area contributed by atoms with E-state index in [-0.39, 0.29) is 40.5 Å². The van der Waals surface area contributed by atoms with Crippen LogP contribution in [0.3, 0.4) is 0 Å². The Morgan fingerprint density at radius 3 is 2.62 bits per heavy atom.